The van der Waals surface area contributed by atoms with E-state index in [1.165, 1.54) is 24.6 Å². The quantitative estimate of drug-likeness (QED) is 0.666. The van der Waals surface area contributed by atoms with Gasteiger partial charge >= 0.3 is 0 Å². The van der Waals surface area contributed by atoms with Crippen molar-refractivity contribution in [1.29, 1.82) is 0 Å². The summed E-state index contributed by atoms with van der Waals surface area (Å²) >= 11 is 0. The predicted molar refractivity (Wildman–Crippen MR) is 65.0 cm³/mol. The van der Waals surface area contributed by atoms with Gasteiger partial charge in [-0.2, -0.15) is 0 Å². The Hall–Kier alpha value is 0.310. The number of hydrogen-bond acceptors (Lipinski definition) is 1. The zero-order valence-electron chi connectivity index (χ0n) is 9.84. The maximum atomic E-state index is 2.67. The number of nitrogens with zero attached hydrogens (tertiary/aromatic N) is 1. The highest BCUT2D eigenvalue weighted by Crippen LogP contribution is 2.45. The molecule has 1 rings (SSSR count). The Balaban J connectivity index is 2.63. The summed E-state index contributed by atoms with van der Waals surface area (Å²) in [6.45, 7) is 9.60. The maximum absolute atomic E-state index is 2.67. The third-order valence-corrected chi connectivity index (χ3v) is 5.73. The monoisotopic (exact) mass is 203 g/mol. The van der Waals surface area contributed by atoms with E-state index in [9.17, 15) is 0 Å². The highest BCUT2D eigenvalue weighted by atomic mass is 32.3. The molecule has 1 nitrogen and oxygen atoms in total. The summed E-state index contributed by atoms with van der Waals surface area (Å²) in [6.07, 6.45) is 4.99. The normalized spacial score (nSPS) is 32.0. The molecule has 1 heterocycles. The van der Waals surface area contributed by atoms with Crippen LogP contribution in [0.15, 0.2) is 0 Å². The summed E-state index contributed by atoms with van der Waals surface area (Å²) in [5.41, 5.74) is 0. The fourth-order valence-corrected chi connectivity index (χ4v) is 4.60. The average molecular weight is 203 g/mol. The Morgan fingerprint density at radius 2 is 2.00 bits per heavy atom. The molecule has 1 aliphatic heterocycles. The minimum Gasteiger partial charge on any atom is -0.299 e. The summed E-state index contributed by atoms with van der Waals surface area (Å²) in [6, 6.07) is 0.851. The van der Waals surface area contributed by atoms with Crippen molar-refractivity contribution in [2.45, 2.75) is 26.8 Å². The molecule has 1 atom stereocenters. The lowest BCUT2D eigenvalue weighted by molar-refractivity contribution is 0.184. The van der Waals surface area contributed by atoms with Crippen LogP contribution < -0.4 is 0 Å². The van der Waals surface area contributed by atoms with Gasteiger partial charge in [-0.15, -0.1) is 0 Å². The summed E-state index contributed by atoms with van der Waals surface area (Å²) in [5, 5.41) is 0. The van der Waals surface area contributed by atoms with Gasteiger partial charge in [0.05, 0.1) is 0 Å². The molecular formula is C11H25NS. The molecular weight excluding hydrogens is 178 g/mol. The summed E-state index contributed by atoms with van der Waals surface area (Å²) in [7, 11) is -0.262. The molecule has 2 heteroatoms. The van der Waals surface area contributed by atoms with E-state index in [-0.39, 0.29) is 10.0 Å². The lowest BCUT2D eigenvalue weighted by Gasteiger charge is -2.48. The van der Waals surface area contributed by atoms with Gasteiger partial charge < -0.3 is 0 Å². The van der Waals surface area contributed by atoms with Gasteiger partial charge in [-0.3, -0.25) is 4.90 Å². The van der Waals surface area contributed by atoms with Crippen LogP contribution in [0.1, 0.15) is 20.8 Å². The minimum atomic E-state index is -0.262. The molecule has 13 heavy (non-hydrogen) atoms. The van der Waals surface area contributed by atoms with Gasteiger partial charge in [-0.05, 0) is 36.5 Å². The Kier molecular flexibility index (Phi) is 3.70. The van der Waals surface area contributed by atoms with Crippen LogP contribution in [0.25, 0.3) is 0 Å². The summed E-state index contributed by atoms with van der Waals surface area (Å²) in [4.78, 5) is 2.67. The molecule has 0 spiro atoms. The van der Waals surface area contributed by atoms with Crippen LogP contribution in [0.2, 0.25) is 0 Å². The second-order valence-electron chi connectivity index (χ2n) is 5.08. The fourth-order valence-electron chi connectivity index (χ4n) is 2.19. The van der Waals surface area contributed by atoms with E-state index >= 15 is 0 Å². The SMILES string of the molecule is CCN1CCS(C)(C)CC1C(C)C. The van der Waals surface area contributed by atoms with Crippen LogP contribution in [0.5, 0.6) is 0 Å². The molecule has 0 aromatic carbocycles. The van der Waals surface area contributed by atoms with E-state index in [0.29, 0.717) is 0 Å². The molecule has 1 fully saturated rings. The molecule has 0 N–H and O–H groups in total. The van der Waals surface area contributed by atoms with Crippen molar-refractivity contribution in [3.05, 3.63) is 0 Å². The van der Waals surface area contributed by atoms with E-state index in [2.05, 4.69) is 38.2 Å². The van der Waals surface area contributed by atoms with E-state index in [4.69, 9.17) is 0 Å². The van der Waals surface area contributed by atoms with Gasteiger partial charge in [0.1, 0.15) is 0 Å². The molecule has 0 saturated carbocycles. The van der Waals surface area contributed by atoms with Gasteiger partial charge in [0.25, 0.3) is 0 Å². The molecule has 0 amide bonds. The smallest absolute Gasteiger partial charge is 0.0194 e. The molecule has 80 valence electrons. The molecule has 0 radical (unpaired) electrons. The third-order valence-electron chi connectivity index (χ3n) is 3.20. The third kappa shape index (κ3) is 2.88. The Morgan fingerprint density at radius 3 is 2.46 bits per heavy atom. The van der Waals surface area contributed by atoms with Crippen molar-refractivity contribution < 1.29 is 0 Å². The van der Waals surface area contributed by atoms with Crippen LogP contribution >= 0.6 is 10.0 Å². The Labute approximate surface area is 85.2 Å². The first-order chi connectivity index (χ1) is 5.96. The molecule has 1 saturated heterocycles. The topological polar surface area (TPSA) is 3.24 Å². The van der Waals surface area contributed by atoms with Crippen molar-refractivity contribution in [2.75, 3.05) is 37.1 Å². The van der Waals surface area contributed by atoms with Crippen molar-refractivity contribution in [3.8, 4) is 0 Å². The van der Waals surface area contributed by atoms with Crippen LogP contribution in [0, 0.1) is 5.92 Å². The largest absolute Gasteiger partial charge is 0.299 e. The average Bonchev–Trinajstić information content (AvgIpc) is 2.03. The van der Waals surface area contributed by atoms with Crippen molar-refractivity contribution in [2.24, 2.45) is 5.92 Å². The zero-order chi connectivity index (χ0) is 10.1. The van der Waals surface area contributed by atoms with Crippen LogP contribution in [-0.4, -0.2) is 48.0 Å². The van der Waals surface area contributed by atoms with Crippen molar-refractivity contribution in [1.82, 2.24) is 4.90 Å². The van der Waals surface area contributed by atoms with E-state index < -0.39 is 0 Å². The van der Waals surface area contributed by atoms with Gasteiger partial charge in [-0.1, -0.05) is 20.8 Å². The van der Waals surface area contributed by atoms with E-state index in [1.807, 2.05) is 0 Å². The molecule has 0 aromatic heterocycles. The first-order valence-electron chi connectivity index (χ1n) is 5.39. The fraction of sp³-hybridized carbons (Fsp3) is 1.00. The molecule has 1 unspecified atom stereocenters. The van der Waals surface area contributed by atoms with Gasteiger partial charge in [0.2, 0.25) is 0 Å². The first-order valence-corrected chi connectivity index (χ1v) is 8.18. The van der Waals surface area contributed by atoms with Gasteiger partial charge in [0, 0.05) is 12.6 Å². The van der Waals surface area contributed by atoms with Crippen molar-refractivity contribution in [3.63, 3.8) is 0 Å². The van der Waals surface area contributed by atoms with Crippen molar-refractivity contribution >= 4 is 10.0 Å². The molecule has 1 aliphatic rings. The van der Waals surface area contributed by atoms with Gasteiger partial charge in [-0.25, -0.2) is 10.0 Å². The van der Waals surface area contributed by atoms with Gasteiger partial charge in [0.15, 0.2) is 0 Å². The maximum Gasteiger partial charge on any atom is 0.0194 e. The lowest BCUT2D eigenvalue weighted by Crippen LogP contribution is -2.48. The zero-order valence-corrected chi connectivity index (χ0v) is 10.7. The number of hydrogen-bond donors (Lipinski definition) is 0. The lowest BCUT2D eigenvalue weighted by atomic mass is 10.0. The first kappa shape index (κ1) is 11.4. The minimum absolute atomic E-state index is 0.262. The Bertz CT molecular complexity index is 165. The molecule has 0 bridgehead atoms. The van der Waals surface area contributed by atoms with Crippen LogP contribution in [-0.2, 0) is 0 Å². The van der Waals surface area contributed by atoms with Crippen LogP contribution in [0.4, 0.5) is 0 Å². The van der Waals surface area contributed by atoms with E-state index in [1.54, 1.807) is 0 Å². The van der Waals surface area contributed by atoms with Crippen LogP contribution in [0.3, 0.4) is 0 Å². The highest BCUT2D eigenvalue weighted by molar-refractivity contribution is 8.32. The highest BCUT2D eigenvalue weighted by Gasteiger charge is 2.30. The van der Waals surface area contributed by atoms with E-state index in [0.717, 1.165) is 12.0 Å². The number of rotatable bonds is 2. The summed E-state index contributed by atoms with van der Waals surface area (Å²) in [5.74, 6) is 3.73. The summed E-state index contributed by atoms with van der Waals surface area (Å²) < 4.78 is 0. The Morgan fingerprint density at radius 1 is 1.38 bits per heavy atom. The predicted octanol–water partition coefficient (Wildman–Crippen LogP) is 2.41. The second-order valence-corrected chi connectivity index (χ2v) is 9.35. The second kappa shape index (κ2) is 4.22. The molecule has 0 aromatic rings. The standard InChI is InChI=1S/C11H25NS/c1-6-12-7-8-13(4,5)9-11(12)10(2)3/h10-11H,6-9H2,1-5H3. The molecule has 0 aliphatic carbocycles.